The number of nitrogens with zero attached hydrogens (tertiary/aromatic N) is 1. The third-order valence-corrected chi connectivity index (χ3v) is 6.12. The maximum atomic E-state index is 12.6. The fourth-order valence-corrected chi connectivity index (χ4v) is 4.24. The van der Waals surface area contributed by atoms with E-state index in [0.717, 1.165) is 22.4 Å². The molecule has 0 aliphatic carbocycles. The number of rotatable bonds is 10. The lowest BCUT2D eigenvalue weighted by atomic mass is 10.1. The number of ether oxygens (including phenoxy) is 2. The zero-order chi connectivity index (χ0) is 26.8. The third kappa shape index (κ3) is 8.08. The summed E-state index contributed by atoms with van der Waals surface area (Å²) in [5.74, 6) is 0.0745. The molecule has 0 aromatic heterocycles. The number of anilines is 1. The van der Waals surface area contributed by atoms with Gasteiger partial charge in [-0.05, 0) is 89.9 Å². The minimum absolute atomic E-state index is 0.0317. The van der Waals surface area contributed by atoms with Crippen LogP contribution in [0.15, 0.2) is 66.2 Å². The Hall–Kier alpha value is -3.84. The van der Waals surface area contributed by atoms with Crippen molar-refractivity contribution in [1.29, 1.82) is 5.26 Å². The van der Waals surface area contributed by atoms with E-state index >= 15 is 0 Å². The van der Waals surface area contributed by atoms with Gasteiger partial charge in [-0.25, -0.2) is 0 Å². The van der Waals surface area contributed by atoms with Crippen LogP contribution in [-0.2, 0) is 16.1 Å². The molecule has 0 unspecified atom stereocenters. The molecule has 0 bridgehead atoms. The highest BCUT2D eigenvalue weighted by atomic mass is 127. The quantitative estimate of drug-likeness (QED) is 0.179. The number of amides is 2. The third-order valence-electron chi connectivity index (χ3n) is 5.32. The summed E-state index contributed by atoms with van der Waals surface area (Å²) >= 11 is 2.08. The molecule has 7 nitrogen and oxygen atoms in total. The summed E-state index contributed by atoms with van der Waals surface area (Å²) in [6, 6.07) is 20.7. The van der Waals surface area contributed by atoms with E-state index in [2.05, 4.69) is 33.2 Å². The Morgan fingerprint density at radius 3 is 2.51 bits per heavy atom. The van der Waals surface area contributed by atoms with Crippen molar-refractivity contribution >= 4 is 46.2 Å². The Labute approximate surface area is 230 Å². The van der Waals surface area contributed by atoms with Crippen molar-refractivity contribution in [2.45, 2.75) is 27.3 Å². The first-order chi connectivity index (χ1) is 17.8. The molecule has 3 rings (SSSR count). The van der Waals surface area contributed by atoms with E-state index in [4.69, 9.17) is 9.47 Å². The van der Waals surface area contributed by atoms with Gasteiger partial charge in [-0.3, -0.25) is 9.59 Å². The molecule has 0 saturated heterocycles. The Balaban J connectivity index is 1.74. The van der Waals surface area contributed by atoms with Crippen molar-refractivity contribution in [3.05, 3.63) is 92.1 Å². The zero-order valence-electron chi connectivity index (χ0n) is 20.9. The molecular formula is C29H28IN3O4. The second-order valence-corrected chi connectivity index (χ2v) is 9.42. The summed E-state index contributed by atoms with van der Waals surface area (Å²) in [5.41, 5.74) is 4.25. The van der Waals surface area contributed by atoms with Gasteiger partial charge in [-0.2, -0.15) is 5.26 Å². The predicted octanol–water partition coefficient (Wildman–Crippen LogP) is 5.55. The van der Waals surface area contributed by atoms with Crippen LogP contribution < -0.4 is 20.1 Å². The van der Waals surface area contributed by atoms with Gasteiger partial charge >= 0.3 is 0 Å². The van der Waals surface area contributed by atoms with Gasteiger partial charge in [-0.15, -0.1) is 0 Å². The monoisotopic (exact) mass is 609 g/mol. The lowest BCUT2D eigenvalue weighted by Gasteiger charge is -2.15. The Kier molecular flexibility index (Phi) is 10.1. The van der Waals surface area contributed by atoms with Gasteiger partial charge in [-0.1, -0.05) is 42.5 Å². The fraction of sp³-hybridized carbons (Fsp3) is 0.207. The van der Waals surface area contributed by atoms with E-state index in [1.165, 1.54) is 6.08 Å². The number of benzene rings is 3. The van der Waals surface area contributed by atoms with Crippen molar-refractivity contribution < 1.29 is 19.1 Å². The molecule has 0 heterocycles. The van der Waals surface area contributed by atoms with E-state index in [1.54, 1.807) is 12.1 Å². The summed E-state index contributed by atoms with van der Waals surface area (Å²) in [6.07, 6.45) is 1.50. The minimum atomic E-state index is -0.470. The molecule has 2 amide bonds. The molecule has 0 fully saturated rings. The number of nitrogens with one attached hydrogen (secondary N) is 2. The molecule has 2 N–H and O–H groups in total. The van der Waals surface area contributed by atoms with Gasteiger partial charge < -0.3 is 20.1 Å². The van der Waals surface area contributed by atoms with Crippen LogP contribution in [0.25, 0.3) is 6.08 Å². The number of hydrogen-bond donors (Lipinski definition) is 2. The van der Waals surface area contributed by atoms with Gasteiger partial charge in [0.2, 0.25) is 0 Å². The second-order valence-electron chi connectivity index (χ2n) is 8.26. The Bertz CT molecular complexity index is 1350. The molecule has 8 heteroatoms. The summed E-state index contributed by atoms with van der Waals surface area (Å²) in [5, 5.41) is 15.2. The lowest BCUT2D eigenvalue weighted by molar-refractivity contribution is -0.118. The van der Waals surface area contributed by atoms with Gasteiger partial charge in [0.05, 0.1) is 10.2 Å². The fourth-order valence-electron chi connectivity index (χ4n) is 3.46. The first-order valence-corrected chi connectivity index (χ1v) is 12.8. The highest BCUT2D eigenvalue weighted by Gasteiger charge is 2.16. The van der Waals surface area contributed by atoms with Gasteiger partial charge in [0.15, 0.2) is 18.1 Å². The van der Waals surface area contributed by atoms with Crippen molar-refractivity contribution in [2.75, 3.05) is 18.5 Å². The number of aryl methyl sites for hydroxylation is 2. The predicted molar refractivity (Wildman–Crippen MR) is 152 cm³/mol. The van der Waals surface area contributed by atoms with Gasteiger partial charge in [0.1, 0.15) is 11.6 Å². The SMILES string of the molecule is CCOc1cc(/C=C(\C#N)C(=O)NCc2ccccc2)cc(I)c1OCC(=O)Nc1cc(C)ccc1C. The molecule has 0 aliphatic heterocycles. The zero-order valence-corrected chi connectivity index (χ0v) is 23.1. The van der Waals surface area contributed by atoms with Crippen molar-refractivity contribution in [2.24, 2.45) is 0 Å². The molecule has 0 spiro atoms. The number of hydrogen-bond acceptors (Lipinski definition) is 5. The number of carbonyl (C=O) groups is 2. The lowest BCUT2D eigenvalue weighted by Crippen LogP contribution is -2.23. The van der Waals surface area contributed by atoms with Gasteiger partial charge in [0.25, 0.3) is 11.8 Å². The molecule has 0 radical (unpaired) electrons. The van der Waals surface area contributed by atoms with Crippen molar-refractivity contribution in [3.63, 3.8) is 0 Å². The summed E-state index contributed by atoms with van der Waals surface area (Å²) in [6.45, 7) is 6.21. The van der Waals surface area contributed by atoms with Crippen LogP contribution in [0.3, 0.4) is 0 Å². The second kappa shape index (κ2) is 13.5. The maximum Gasteiger partial charge on any atom is 0.262 e. The average molecular weight is 609 g/mol. The molecule has 190 valence electrons. The number of halogens is 1. The van der Waals surface area contributed by atoms with E-state index in [1.807, 2.05) is 75.4 Å². The van der Waals surface area contributed by atoms with E-state index in [0.29, 0.717) is 33.8 Å². The van der Waals surface area contributed by atoms with Crippen molar-refractivity contribution in [3.8, 4) is 17.6 Å². The van der Waals surface area contributed by atoms with E-state index in [9.17, 15) is 14.9 Å². The molecular weight excluding hydrogens is 581 g/mol. The summed E-state index contributed by atoms with van der Waals surface area (Å²) < 4.78 is 12.3. The van der Waals surface area contributed by atoms with Crippen LogP contribution in [0, 0.1) is 28.7 Å². The van der Waals surface area contributed by atoms with Gasteiger partial charge in [0, 0.05) is 12.2 Å². The molecule has 37 heavy (non-hydrogen) atoms. The highest BCUT2D eigenvalue weighted by Crippen LogP contribution is 2.35. The standard InChI is InChI=1S/C29H28IN3O4/c1-4-36-26-15-22(13-23(16-31)29(35)32-17-21-8-6-5-7-9-21)14-24(30)28(26)37-18-27(34)33-25-12-19(2)10-11-20(25)3/h5-15H,4,17-18H2,1-3H3,(H,32,35)(H,33,34)/b23-13+. The van der Waals surface area contributed by atoms with Crippen LogP contribution in [0.5, 0.6) is 11.5 Å². The Morgan fingerprint density at radius 1 is 1.05 bits per heavy atom. The van der Waals surface area contributed by atoms with Crippen molar-refractivity contribution in [1.82, 2.24) is 5.32 Å². The Morgan fingerprint density at radius 2 is 1.81 bits per heavy atom. The molecule has 0 saturated carbocycles. The summed E-state index contributed by atoms with van der Waals surface area (Å²) in [4.78, 5) is 25.1. The van der Waals surface area contributed by atoms with E-state index < -0.39 is 5.91 Å². The molecule has 0 atom stereocenters. The highest BCUT2D eigenvalue weighted by molar-refractivity contribution is 14.1. The smallest absolute Gasteiger partial charge is 0.262 e. The number of carbonyl (C=O) groups excluding carboxylic acids is 2. The first kappa shape index (κ1) is 27.7. The minimum Gasteiger partial charge on any atom is -0.490 e. The van der Waals surface area contributed by atoms with Crippen LogP contribution in [-0.4, -0.2) is 25.0 Å². The first-order valence-electron chi connectivity index (χ1n) is 11.7. The molecule has 3 aromatic carbocycles. The average Bonchev–Trinajstić information content (AvgIpc) is 2.88. The normalized spacial score (nSPS) is 10.8. The molecule has 0 aliphatic rings. The van der Waals surface area contributed by atoms with Crippen LogP contribution >= 0.6 is 22.6 Å². The van der Waals surface area contributed by atoms with E-state index in [-0.39, 0.29) is 18.1 Å². The van der Waals surface area contributed by atoms with Crippen LogP contribution in [0.2, 0.25) is 0 Å². The van der Waals surface area contributed by atoms with Crippen LogP contribution in [0.4, 0.5) is 5.69 Å². The topological polar surface area (TPSA) is 100 Å². The maximum absolute atomic E-state index is 12.6. The summed E-state index contributed by atoms with van der Waals surface area (Å²) in [7, 11) is 0. The number of nitriles is 1. The molecule has 3 aromatic rings. The largest absolute Gasteiger partial charge is 0.490 e. The van der Waals surface area contributed by atoms with Crippen LogP contribution in [0.1, 0.15) is 29.2 Å².